The van der Waals surface area contributed by atoms with Gasteiger partial charge in [-0.3, -0.25) is 0 Å². The molecule has 2 aromatic rings. The van der Waals surface area contributed by atoms with E-state index in [9.17, 15) is 4.79 Å². The zero-order chi connectivity index (χ0) is 13.8. The van der Waals surface area contributed by atoms with Gasteiger partial charge in [0.25, 0.3) is 0 Å². The van der Waals surface area contributed by atoms with E-state index in [1.807, 2.05) is 42.5 Å². The third kappa shape index (κ3) is 3.45. The Morgan fingerprint density at radius 3 is 2.47 bits per heavy atom. The average molecular weight is 259 g/mol. The van der Waals surface area contributed by atoms with Gasteiger partial charge in [-0.15, -0.1) is 0 Å². The maximum absolute atomic E-state index is 11.4. The highest BCUT2D eigenvalue weighted by molar-refractivity contribution is 5.83. The molecule has 2 rings (SSSR count). The summed E-state index contributed by atoms with van der Waals surface area (Å²) in [4.78, 5) is 21.8. The molecule has 19 heavy (non-hydrogen) atoms. The van der Waals surface area contributed by atoms with Crippen molar-refractivity contribution in [1.29, 1.82) is 0 Å². The summed E-state index contributed by atoms with van der Waals surface area (Å²) >= 11 is 0. The number of hydrogen-bond donors (Lipinski definition) is 0. The molecule has 0 bridgehead atoms. The van der Waals surface area contributed by atoms with Crippen LogP contribution in [0.5, 0.6) is 5.75 Å². The van der Waals surface area contributed by atoms with E-state index in [0.29, 0.717) is 5.75 Å². The number of hydrogen-bond acceptors (Lipinski definition) is 4. The van der Waals surface area contributed by atoms with Crippen LogP contribution in [-0.2, 0) is 9.63 Å². The van der Waals surface area contributed by atoms with E-state index in [-0.39, 0.29) is 11.9 Å². The highest BCUT2D eigenvalue weighted by Gasteiger charge is 2.13. The maximum atomic E-state index is 11.4. The lowest BCUT2D eigenvalue weighted by atomic mass is 10.1. The van der Waals surface area contributed by atoms with E-state index in [4.69, 9.17) is 9.68 Å². The molecule has 0 unspecified atom stereocenters. The molecule has 0 N–H and O–H groups in total. The zero-order valence-electron chi connectivity index (χ0n) is 11.3. The molecule has 0 fully saturated rings. The van der Waals surface area contributed by atoms with Crippen molar-refractivity contribution < 1.29 is 14.5 Å². The Labute approximate surface area is 112 Å². The SMILES string of the molecule is CC(C)C(=O)ON(C)Oc1ccc2ccccc2c1. The van der Waals surface area contributed by atoms with Crippen molar-refractivity contribution in [2.75, 3.05) is 7.05 Å². The quantitative estimate of drug-likeness (QED) is 0.790. The van der Waals surface area contributed by atoms with Crippen molar-refractivity contribution in [3.63, 3.8) is 0 Å². The highest BCUT2D eigenvalue weighted by atomic mass is 17.0. The Morgan fingerprint density at radius 1 is 1.11 bits per heavy atom. The second-order valence-electron chi connectivity index (χ2n) is 4.60. The Balaban J connectivity index is 2.06. The van der Waals surface area contributed by atoms with Gasteiger partial charge in [0.15, 0.2) is 5.75 Å². The van der Waals surface area contributed by atoms with Crippen molar-refractivity contribution in [2.24, 2.45) is 5.92 Å². The summed E-state index contributed by atoms with van der Waals surface area (Å²) in [6.45, 7) is 3.54. The molecule has 0 heterocycles. The summed E-state index contributed by atoms with van der Waals surface area (Å²) in [5, 5.41) is 3.28. The Bertz CT molecular complexity index is 580. The topological polar surface area (TPSA) is 38.8 Å². The molecule has 4 nitrogen and oxygen atoms in total. The van der Waals surface area contributed by atoms with Gasteiger partial charge >= 0.3 is 5.97 Å². The van der Waals surface area contributed by atoms with Gasteiger partial charge in [0, 0.05) is 5.23 Å². The predicted octanol–water partition coefficient (Wildman–Crippen LogP) is 3.18. The second kappa shape index (κ2) is 5.71. The van der Waals surface area contributed by atoms with Crippen LogP contribution >= 0.6 is 0 Å². The Morgan fingerprint density at radius 2 is 1.79 bits per heavy atom. The number of benzene rings is 2. The van der Waals surface area contributed by atoms with Crippen LogP contribution in [0.3, 0.4) is 0 Å². The van der Waals surface area contributed by atoms with Gasteiger partial charge in [-0.25, -0.2) is 4.79 Å². The van der Waals surface area contributed by atoms with Gasteiger partial charge < -0.3 is 9.68 Å². The molecule has 0 amide bonds. The van der Waals surface area contributed by atoms with Crippen LogP contribution in [0.2, 0.25) is 0 Å². The fourth-order valence-corrected chi connectivity index (χ4v) is 1.62. The largest absolute Gasteiger partial charge is 0.371 e. The summed E-state index contributed by atoms with van der Waals surface area (Å²) in [6, 6.07) is 13.7. The molecule has 0 aromatic heterocycles. The van der Waals surface area contributed by atoms with Crippen molar-refractivity contribution in [3.8, 4) is 5.75 Å². The highest BCUT2D eigenvalue weighted by Crippen LogP contribution is 2.21. The lowest BCUT2D eigenvalue weighted by Gasteiger charge is -2.17. The fraction of sp³-hybridized carbons (Fsp3) is 0.267. The molecule has 0 saturated heterocycles. The molecule has 100 valence electrons. The summed E-state index contributed by atoms with van der Waals surface area (Å²) < 4.78 is 0. The first kappa shape index (κ1) is 13.4. The average Bonchev–Trinajstić information content (AvgIpc) is 2.38. The minimum atomic E-state index is -0.330. The molecule has 0 aliphatic carbocycles. The van der Waals surface area contributed by atoms with Crippen LogP contribution in [0.15, 0.2) is 42.5 Å². The van der Waals surface area contributed by atoms with E-state index in [0.717, 1.165) is 16.0 Å². The molecule has 2 aromatic carbocycles. The lowest BCUT2D eigenvalue weighted by Crippen LogP contribution is -2.28. The number of carbonyl (C=O) groups is 1. The Kier molecular flexibility index (Phi) is 4.02. The lowest BCUT2D eigenvalue weighted by molar-refractivity contribution is -0.283. The van der Waals surface area contributed by atoms with E-state index < -0.39 is 0 Å². The molecular weight excluding hydrogens is 242 g/mol. The van der Waals surface area contributed by atoms with Crippen molar-refractivity contribution in [3.05, 3.63) is 42.5 Å². The first-order valence-corrected chi connectivity index (χ1v) is 6.18. The predicted molar refractivity (Wildman–Crippen MR) is 73.3 cm³/mol. The molecule has 0 saturated carbocycles. The number of hydroxylamine groups is 2. The van der Waals surface area contributed by atoms with Crippen LogP contribution in [0.4, 0.5) is 0 Å². The number of rotatable bonds is 4. The first-order valence-electron chi connectivity index (χ1n) is 6.18. The van der Waals surface area contributed by atoms with Gasteiger partial charge in [-0.1, -0.05) is 44.2 Å². The van der Waals surface area contributed by atoms with E-state index in [2.05, 4.69) is 0 Å². The molecule has 0 aliphatic rings. The third-order valence-corrected chi connectivity index (χ3v) is 2.64. The number of nitrogens with zero attached hydrogens (tertiary/aromatic N) is 1. The van der Waals surface area contributed by atoms with Crippen LogP contribution < -0.4 is 4.84 Å². The standard InChI is InChI=1S/C15H17NO3/c1-11(2)15(17)19-16(3)18-14-9-8-12-6-4-5-7-13(12)10-14/h4-11H,1-3H3. The first-order chi connectivity index (χ1) is 9.06. The van der Waals surface area contributed by atoms with E-state index >= 15 is 0 Å². The van der Waals surface area contributed by atoms with Crippen molar-refractivity contribution in [1.82, 2.24) is 5.23 Å². The molecule has 0 aliphatic heterocycles. The van der Waals surface area contributed by atoms with Crippen molar-refractivity contribution in [2.45, 2.75) is 13.8 Å². The summed E-state index contributed by atoms with van der Waals surface area (Å²) in [7, 11) is 1.55. The van der Waals surface area contributed by atoms with Crippen molar-refractivity contribution >= 4 is 16.7 Å². The Hall–Kier alpha value is -2.07. The molecule has 4 heteroatoms. The van der Waals surface area contributed by atoms with Gasteiger partial charge in [0.1, 0.15) is 0 Å². The normalized spacial score (nSPS) is 11.0. The van der Waals surface area contributed by atoms with Crippen LogP contribution in [-0.4, -0.2) is 18.2 Å². The minimum Gasteiger partial charge on any atom is -0.371 e. The zero-order valence-corrected chi connectivity index (χ0v) is 11.3. The summed E-state index contributed by atoms with van der Waals surface area (Å²) in [5.74, 6) is 0.101. The van der Waals surface area contributed by atoms with Crippen LogP contribution in [0, 0.1) is 5.92 Å². The van der Waals surface area contributed by atoms with Crippen LogP contribution in [0.25, 0.3) is 10.8 Å². The summed E-state index contributed by atoms with van der Waals surface area (Å²) in [5.41, 5.74) is 0. The number of carbonyl (C=O) groups excluding carboxylic acids is 1. The minimum absolute atomic E-state index is 0.192. The molecular formula is C15H17NO3. The third-order valence-electron chi connectivity index (χ3n) is 2.64. The fourth-order valence-electron chi connectivity index (χ4n) is 1.62. The van der Waals surface area contributed by atoms with Gasteiger partial charge in [0.05, 0.1) is 13.0 Å². The van der Waals surface area contributed by atoms with E-state index in [1.165, 1.54) is 0 Å². The van der Waals surface area contributed by atoms with Gasteiger partial charge in [-0.2, -0.15) is 0 Å². The maximum Gasteiger partial charge on any atom is 0.331 e. The second-order valence-corrected chi connectivity index (χ2v) is 4.60. The van der Waals surface area contributed by atoms with Gasteiger partial charge in [0.2, 0.25) is 0 Å². The number of fused-ring (bicyclic) bond motifs is 1. The molecule has 0 spiro atoms. The molecule has 0 atom stereocenters. The monoisotopic (exact) mass is 259 g/mol. The van der Waals surface area contributed by atoms with Gasteiger partial charge in [-0.05, 0) is 22.9 Å². The smallest absolute Gasteiger partial charge is 0.331 e. The van der Waals surface area contributed by atoms with E-state index in [1.54, 1.807) is 20.9 Å². The van der Waals surface area contributed by atoms with Crippen LogP contribution in [0.1, 0.15) is 13.8 Å². The molecule has 0 radical (unpaired) electrons. The summed E-state index contributed by atoms with van der Waals surface area (Å²) in [6.07, 6.45) is 0.